The largest absolute Gasteiger partial charge is 0.680 e. The Morgan fingerprint density at radius 2 is 0.393 bits per heavy atom. The Morgan fingerprint density at radius 1 is 0.236 bits per heavy atom. The van der Waals surface area contributed by atoms with E-state index in [0.717, 1.165) is 25.7 Å². The monoisotopic (exact) mass is 1440 g/mol. The SMILES string of the molecule is CC(C)O[Si](OC(C)C)(OC(C)C)OC(C)C.CCCO[Si](OCCC)(OCCC)OCCC.CCO[Si](OCC)(OCC)OCC.FC(F)(F)CO[Si](OCC(F)(F)F)(OCC(F)(F)F)OCC(F)(F)F.FCCO[Si](OCCF)(OCCF)OCCF. The molecule has 0 aromatic carbocycles. The number of halogens is 16. The van der Waals surface area contributed by atoms with Gasteiger partial charge in [0.2, 0.25) is 0 Å². The molecule has 0 saturated carbocycles. The van der Waals surface area contributed by atoms with Crippen LogP contribution in [0.1, 0.15) is 136 Å². The fourth-order valence-electron chi connectivity index (χ4n) is 5.27. The molecule has 0 saturated heterocycles. The van der Waals surface area contributed by atoms with E-state index in [1.165, 1.54) is 0 Å². The maximum Gasteiger partial charge on any atom is 0.680 e. The molecule has 0 bridgehead atoms. The first-order valence-electron chi connectivity index (χ1n) is 28.7. The first-order chi connectivity index (χ1) is 41.2. The van der Waals surface area contributed by atoms with Gasteiger partial charge in [0.05, 0.1) is 26.4 Å². The summed E-state index contributed by atoms with van der Waals surface area (Å²) in [6.07, 6.45) is -17.5. The van der Waals surface area contributed by atoms with Crippen molar-refractivity contribution in [2.24, 2.45) is 0 Å². The van der Waals surface area contributed by atoms with Gasteiger partial charge in [-0.2, -0.15) is 52.7 Å². The van der Waals surface area contributed by atoms with Gasteiger partial charge < -0.3 is 88.5 Å². The van der Waals surface area contributed by atoms with Crippen LogP contribution < -0.4 is 0 Å². The second kappa shape index (κ2) is 54.3. The summed E-state index contributed by atoms with van der Waals surface area (Å²) in [4.78, 5) is 0. The van der Waals surface area contributed by atoms with Crippen molar-refractivity contribution >= 4 is 45.2 Å². The van der Waals surface area contributed by atoms with Gasteiger partial charge in [-0.15, -0.1) is 0 Å². The van der Waals surface area contributed by atoms with E-state index in [4.69, 9.17) is 70.8 Å². The van der Waals surface area contributed by atoms with Crippen LogP contribution in [0.4, 0.5) is 70.2 Å². The lowest BCUT2D eigenvalue weighted by molar-refractivity contribution is -0.223. The summed E-state index contributed by atoms with van der Waals surface area (Å²) in [6.45, 7) is 21.0. The fourth-order valence-corrected chi connectivity index (χ4v) is 15.8. The molecule has 0 atom stereocenters. The maximum absolute atomic E-state index is 12.1. The Hall–Kier alpha value is -0.836. The Kier molecular flexibility index (Phi) is 59.1. The minimum atomic E-state index is -6.11. The molecule has 0 aliphatic rings. The Morgan fingerprint density at radius 3 is 0.528 bits per heavy atom. The fraction of sp³-hybridized carbons (Fsp3) is 1.00. The molecule has 0 aliphatic carbocycles. The van der Waals surface area contributed by atoms with Crippen molar-refractivity contribution in [3.05, 3.63) is 0 Å². The van der Waals surface area contributed by atoms with Gasteiger partial charge in [0.15, 0.2) is 0 Å². The lowest BCUT2D eigenvalue weighted by Gasteiger charge is -2.33. The van der Waals surface area contributed by atoms with Crippen molar-refractivity contribution in [3.63, 3.8) is 0 Å². The van der Waals surface area contributed by atoms with Crippen LogP contribution in [-0.4, -0.2) is 227 Å². The van der Waals surface area contributed by atoms with Gasteiger partial charge in [-0.05, 0) is 109 Å². The van der Waals surface area contributed by atoms with Crippen molar-refractivity contribution in [1.29, 1.82) is 0 Å². The van der Waals surface area contributed by atoms with Crippen molar-refractivity contribution in [1.82, 2.24) is 0 Å². The zero-order chi connectivity index (χ0) is 69.9. The minimum Gasteiger partial charge on any atom is -0.351 e. The predicted octanol–water partition coefficient (Wildman–Crippen LogP) is 12.9. The third-order valence-corrected chi connectivity index (χ3v) is 19.9. The molecule has 0 aliphatic heterocycles. The van der Waals surface area contributed by atoms with E-state index in [0.29, 0.717) is 52.9 Å². The van der Waals surface area contributed by atoms with E-state index in [2.05, 4.69) is 45.4 Å². The van der Waals surface area contributed by atoms with Gasteiger partial charge in [-0.25, -0.2) is 17.6 Å². The molecule has 20 nitrogen and oxygen atoms in total. The second-order valence-corrected chi connectivity index (χ2v) is 28.6. The highest BCUT2D eigenvalue weighted by Crippen LogP contribution is 2.29. The molecule has 0 spiro atoms. The lowest BCUT2D eigenvalue weighted by atomic mass is 10.5. The molecule has 0 radical (unpaired) electrons. The standard InChI is InChI=1S/2C12H28O4Si.C8H8F12O4Si.C8H16F4O4Si.C8H20O4Si/c1-9(2)13-17(14-10(3)4,15-11(5)6)16-12(7)8;1-5-9-13-17(14-10-6-2,15-11-7-3)16-12-8-4;9-5(10,11)1-21-25(22-2-6(12,13)14,23-3-7(15,16)17)24-4-8(18,19)20;9-1-5-13-17(14-6-2-10,15-7-3-11)16-8-4-12;1-5-9-13(10-6-2,11-7-3)12-8-4/h9-12H,1-8H3;5-12H2,1-4H3;1-4H2;1-8H2;5-8H2,1-4H3. The zero-order valence-corrected chi connectivity index (χ0v) is 59.0. The van der Waals surface area contributed by atoms with Crippen LogP contribution in [0.15, 0.2) is 0 Å². The van der Waals surface area contributed by atoms with E-state index in [1.54, 1.807) is 0 Å². The summed E-state index contributed by atoms with van der Waals surface area (Å²) in [5, 5.41) is 0. The molecule has 0 heterocycles. The molecule has 41 heteroatoms. The third kappa shape index (κ3) is 59.4. The van der Waals surface area contributed by atoms with Crippen molar-refractivity contribution in [3.8, 4) is 0 Å². The highest BCUT2D eigenvalue weighted by molar-refractivity contribution is 6.55. The van der Waals surface area contributed by atoms with E-state index < -0.39 is 149 Å². The van der Waals surface area contributed by atoms with Crippen LogP contribution in [0.3, 0.4) is 0 Å². The lowest BCUT2D eigenvalue weighted by Crippen LogP contribution is -2.54. The first-order valence-corrected chi connectivity index (χ1v) is 36.8. The van der Waals surface area contributed by atoms with Crippen LogP contribution >= 0.6 is 0 Å². The quantitative estimate of drug-likeness (QED) is 0.0413. The average molecular weight is 1440 g/mol. The molecule has 0 fully saturated rings. The van der Waals surface area contributed by atoms with Crippen molar-refractivity contribution < 1.29 is 159 Å². The van der Waals surface area contributed by atoms with Gasteiger partial charge in [-0.1, -0.05) is 27.7 Å². The molecule has 0 unspecified atom stereocenters. The molecule has 0 rings (SSSR count). The summed E-state index contributed by atoms with van der Waals surface area (Å²) in [5.74, 6) is 0. The van der Waals surface area contributed by atoms with E-state index >= 15 is 0 Å². The van der Waals surface area contributed by atoms with E-state index in [9.17, 15) is 70.2 Å². The topological polar surface area (TPSA) is 185 Å². The van der Waals surface area contributed by atoms with E-state index in [-0.39, 0.29) is 24.4 Å². The second-order valence-electron chi connectivity index (χ2n) is 18.1. The normalized spacial score (nSPS) is 13.1. The molecule has 89 heavy (non-hydrogen) atoms. The molecule has 0 amide bonds. The maximum atomic E-state index is 12.1. The summed E-state index contributed by atoms with van der Waals surface area (Å²) >= 11 is 0. The van der Waals surface area contributed by atoms with Crippen LogP contribution in [0, 0.1) is 0 Å². The van der Waals surface area contributed by atoms with E-state index in [1.807, 2.05) is 83.1 Å². The number of hydrogen-bond acceptors (Lipinski definition) is 20. The minimum absolute atomic E-state index is 0.0120. The van der Waals surface area contributed by atoms with Crippen molar-refractivity contribution in [2.45, 2.75) is 186 Å². The zero-order valence-electron chi connectivity index (χ0n) is 54.0. The van der Waals surface area contributed by atoms with Crippen LogP contribution in [-0.2, 0) is 88.5 Å². The molecule has 0 aromatic heterocycles. The highest BCUT2D eigenvalue weighted by atomic mass is 28.4. The van der Waals surface area contributed by atoms with Gasteiger partial charge in [0, 0.05) is 77.3 Å². The summed E-state index contributed by atoms with van der Waals surface area (Å²) < 4.78 is 295. The van der Waals surface area contributed by atoms with Gasteiger partial charge in [0.25, 0.3) is 0 Å². The van der Waals surface area contributed by atoms with Crippen molar-refractivity contribution in [2.75, 3.05) is 132 Å². The summed E-state index contributed by atoms with van der Waals surface area (Å²) in [6, 6.07) is 0. The van der Waals surface area contributed by atoms with Gasteiger partial charge >= 0.3 is 69.9 Å². The Labute approximate surface area is 520 Å². The number of alkyl halides is 16. The predicted molar refractivity (Wildman–Crippen MR) is 301 cm³/mol. The summed E-state index contributed by atoms with van der Waals surface area (Å²) in [5.41, 5.74) is 0. The van der Waals surface area contributed by atoms with Gasteiger partial charge in [0.1, 0.15) is 53.1 Å². The number of hydrogen-bond donors (Lipinski definition) is 0. The highest BCUT2D eigenvalue weighted by Gasteiger charge is 2.56. The third-order valence-electron chi connectivity index (χ3n) is 7.81. The smallest absolute Gasteiger partial charge is 0.351 e. The average Bonchev–Trinajstić information content (AvgIpc) is 3.56. The molecular weight excluding hydrogens is 1340 g/mol. The number of rotatable bonds is 48. The first kappa shape index (κ1) is 96.8. The molecule has 0 aromatic rings. The Bertz CT molecular complexity index is 1320. The van der Waals surface area contributed by atoms with Gasteiger partial charge in [-0.3, -0.25) is 0 Å². The van der Waals surface area contributed by atoms with Crippen LogP contribution in [0.5, 0.6) is 0 Å². The molecule has 0 N–H and O–H groups in total. The van der Waals surface area contributed by atoms with Crippen LogP contribution in [0.25, 0.3) is 0 Å². The molecule has 544 valence electrons. The summed E-state index contributed by atoms with van der Waals surface area (Å²) in [7, 11) is -18.7. The Balaban J connectivity index is -0.000000336. The molecular formula is C48H100F16O20Si5. The van der Waals surface area contributed by atoms with Crippen LogP contribution in [0.2, 0.25) is 0 Å².